The van der Waals surface area contributed by atoms with E-state index in [4.69, 9.17) is 4.74 Å². The summed E-state index contributed by atoms with van der Waals surface area (Å²) in [5, 5.41) is 3.18. The van der Waals surface area contributed by atoms with Gasteiger partial charge in [-0.15, -0.1) is 0 Å². The fourth-order valence-corrected chi connectivity index (χ4v) is 2.69. The Kier molecular flexibility index (Phi) is 4.63. The molecule has 0 aromatic heterocycles. The quantitative estimate of drug-likeness (QED) is 0.838. The first-order valence-electron chi connectivity index (χ1n) is 7.14. The first-order valence-corrected chi connectivity index (χ1v) is 7.14. The molecule has 1 aromatic carbocycles. The SMILES string of the molecule is CNC(CN1C(=O)CC(C)C1=O)c1cc(C)ccc1OC. The molecule has 1 N–H and O–H groups in total. The number of aryl methyl sites for hydroxylation is 1. The van der Waals surface area contributed by atoms with Gasteiger partial charge in [0.05, 0.1) is 13.2 Å². The summed E-state index contributed by atoms with van der Waals surface area (Å²) in [4.78, 5) is 25.4. The number of imide groups is 1. The molecule has 1 heterocycles. The molecule has 2 atom stereocenters. The fraction of sp³-hybridized carbons (Fsp3) is 0.500. The summed E-state index contributed by atoms with van der Waals surface area (Å²) in [7, 11) is 3.44. The molecule has 0 aliphatic carbocycles. The number of nitrogens with zero attached hydrogens (tertiary/aromatic N) is 1. The third-order valence-corrected chi connectivity index (χ3v) is 3.94. The van der Waals surface area contributed by atoms with Crippen LogP contribution in [0.3, 0.4) is 0 Å². The van der Waals surface area contributed by atoms with E-state index in [1.165, 1.54) is 4.90 Å². The number of carbonyl (C=O) groups is 2. The summed E-state index contributed by atoms with van der Waals surface area (Å²) in [6.45, 7) is 4.13. The van der Waals surface area contributed by atoms with Crippen molar-refractivity contribution in [2.24, 2.45) is 5.92 Å². The minimum Gasteiger partial charge on any atom is -0.496 e. The minimum absolute atomic E-state index is 0.0909. The lowest BCUT2D eigenvalue weighted by atomic mass is 10.0. The molecule has 0 spiro atoms. The molecule has 0 bridgehead atoms. The first-order chi connectivity index (χ1) is 9.97. The zero-order valence-electron chi connectivity index (χ0n) is 13.0. The van der Waals surface area contributed by atoms with Gasteiger partial charge in [-0.2, -0.15) is 0 Å². The van der Waals surface area contributed by atoms with Gasteiger partial charge >= 0.3 is 0 Å². The summed E-state index contributed by atoms with van der Waals surface area (Å²) < 4.78 is 5.39. The van der Waals surface area contributed by atoms with E-state index < -0.39 is 0 Å². The van der Waals surface area contributed by atoms with Crippen LogP contribution < -0.4 is 10.1 Å². The third-order valence-electron chi connectivity index (χ3n) is 3.94. The summed E-state index contributed by atoms with van der Waals surface area (Å²) in [5.41, 5.74) is 2.07. The van der Waals surface area contributed by atoms with Crippen LogP contribution in [-0.4, -0.2) is 37.4 Å². The topological polar surface area (TPSA) is 58.6 Å². The Bertz CT molecular complexity index is 556. The van der Waals surface area contributed by atoms with Gasteiger partial charge in [0.25, 0.3) is 0 Å². The Morgan fingerprint density at radius 2 is 2.14 bits per heavy atom. The first kappa shape index (κ1) is 15.5. The largest absolute Gasteiger partial charge is 0.496 e. The molecule has 21 heavy (non-hydrogen) atoms. The highest BCUT2D eigenvalue weighted by atomic mass is 16.5. The number of likely N-dealkylation sites (N-methyl/N-ethyl adjacent to an activating group) is 1. The summed E-state index contributed by atoms with van der Waals surface area (Å²) >= 11 is 0. The summed E-state index contributed by atoms with van der Waals surface area (Å²) in [6.07, 6.45) is 0.306. The van der Waals surface area contributed by atoms with Crippen LogP contribution in [0.15, 0.2) is 18.2 Å². The van der Waals surface area contributed by atoms with E-state index in [1.54, 1.807) is 14.0 Å². The molecule has 1 aliphatic heterocycles. The van der Waals surface area contributed by atoms with Gasteiger partial charge in [-0.05, 0) is 20.0 Å². The van der Waals surface area contributed by atoms with Gasteiger partial charge in [-0.1, -0.05) is 24.6 Å². The predicted molar refractivity (Wildman–Crippen MR) is 80.0 cm³/mol. The van der Waals surface area contributed by atoms with Gasteiger partial charge in [-0.3, -0.25) is 14.5 Å². The Morgan fingerprint density at radius 3 is 2.67 bits per heavy atom. The van der Waals surface area contributed by atoms with Crippen molar-refractivity contribution in [1.29, 1.82) is 0 Å². The van der Waals surface area contributed by atoms with Crippen LogP contribution in [0.4, 0.5) is 0 Å². The molecule has 1 fully saturated rings. The van der Waals surface area contributed by atoms with Crippen molar-refractivity contribution >= 4 is 11.8 Å². The van der Waals surface area contributed by atoms with Crippen molar-refractivity contribution in [3.8, 4) is 5.75 Å². The zero-order valence-corrected chi connectivity index (χ0v) is 13.0. The lowest BCUT2D eigenvalue weighted by Gasteiger charge is -2.24. The summed E-state index contributed by atoms with van der Waals surface area (Å²) in [5.74, 6) is 0.354. The number of ether oxygens (including phenoxy) is 1. The fourth-order valence-electron chi connectivity index (χ4n) is 2.69. The molecule has 2 rings (SSSR count). The number of hydrogen-bond donors (Lipinski definition) is 1. The van der Waals surface area contributed by atoms with Crippen LogP contribution in [0.5, 0.6) is 5.75 Å². The van der Waals surface area contributed by atoms with E-state index in [0.717, 1.165) is 16.9 Å². The average molecular weight is 290 g/mol. The van der Waals surface area contributed by atoms with E-state index in [9.17, 15) is 9.59 Å². The standard InChI is InChI=1S/C16H22N2O3/c1-10-5-6-14(21-4)12(7-10)13(17-3)9-18-15(19)8-11(2)16(18)20/h5-7,11,13,17H,8-9H2,1-4H3. The summed E-state index contributed by atoms with van der Waals surface area (Å²) in [6, 6.07) is 5.77. The van der Waals surface area contributed by atoms with Crippen LogP contribution in [0.1, 0.15) is 30.5 Å². The number of nitrogens with one attached hydrogen (secondary N) is 1. The molecule has 0 saturated carbocycles. The lowest BCUT2D eigenvalue weighted by Crippen LogP contribution is -2.38. The van der Waals surface area contributed by atoms with E-state index in [1.807, 2.05) is 32.2 Å². The molecular weight excluding hydrogens is 268 g/mol. The maximum Gasteiger partial charge on any atom is 0.232 e. The highest BCUT2D eigenvalue weighted by Crippen LogP contribution is 2.29. The minimum atomic E-state index is -0.214. The Morgan fingerprint density at radius 1 is 1.43 bits per heavy atom. The molecule has 0 radical (unpaired) electrons. The number of rotatable bonds is 5. The lowest BCUT2D eigenvalue weighted by molar-refractivity contribution is -0.139. The molecule has 5 nitrogen and oxygen atoms in total. The van der Waals surface area contributed by atoms with Crippen LogP contribution >= 0.6 is 0 Å². The van der Waals surface area contributed by atoms with Gasteiger partial charge in [-0.25, -0.2) is 0 Å². The zero-order chi connectivity index (χ0) is 15.6. The molecule has 1 aromatic rings. The van der Waals surface area contributed by atoms with Gasteiger partial charge < -0.3 is 10.1 Å². The van der Waals surface area contributed by atoms with E-state index in [2.05, 4.69) is 5.32 Å². The number of carbonyl (C=O) groups excluding carboxylic acids is 2. The average Bonchev–Trinajstić information content (AvgIpc) is 2.70. The van der Waals surface area contributed by atoms with Crippen molar-refractivity contribution in [2.45, 2.75) is 26.3 Å². The van der Waals surface area contributed by atoms with Crippen LogP contribution in [0.25, 0.3) is 0 Å². The van der Waals surface area contributed by atoms with Crippen LogP contribution in [-0.2, 0) is 9.59 Å². The van der Waals surface area contributed by atoms with Crippen molar-refractivity contribution in [3.05, 3.63) is 29.3 Å². The molecule has 1 saturated heterocycles. The normalized spacial score (nSPS) is 20.0. The Balaban J connectivity index is 2.26. The smallest absolute Gasteiger partial charge is 0.232 e. The second-order valence-electron chi connectivity index (χ2n) is 5.53. The number of hydrogen-bond acceptors (Lipinski definition) is 4. The van der Waals surface area contributed by atoms with Gasteiger partial charge in [0.2, 0.25) is 11.8 Å². The maximum atomic E-state index is 12.1. The Labute approximate surface area is 125 Å². The van der Waals surface area contributed by atoms with Gasteiger partial charge in [0, 0.05) is 24.4 Å². The van der Waals surface area contributed by atoms with Gasteiger partial charge in [0.15, 0.2) is 0 Å². The van der Waals surface area contributed by atoms with Crippen molar-refractivity contribution < 1.29 is 14.3 Å². The van der Waals surface area contributed by atoms with E-state index in [-0.39, 0.29) is 23.8 Å². The molecule has 2 amide bonds. The molecular formula is C16H22N2O3. The van der Waals surface area contributed by atoms with E-state index >= 15 is 0 Å². The monoisotopic (exact) mass is 290 g/mol. The molecule has 2 unspecified atom stereocenters. The molecule has 5 heteroatoms. The number of amides is 2. The number of likely N-dealkylation sites (tertiary alicyclic amines) is 1. The predicted octanol–water partition coefficient (Wildman–Crippen LogP) is 1.66. The second kappa shape index (κ2) is 6.26. The molecule has 114 valence electrons. The number of methoxy groups -OCH3 is 1. The van der Waals surface area contributed by atoms with Crippen LogP contribution in [0, 0.1) is 12.8 Å². The van der Waals surface area contributed by atoms with Crippen molar-refractivity contribution in [3.63, 3.8) is 0 Å². The van der Waals surface area contributed by atoms with E-state index in [0.29, 0.717) is 13.0 Å². The van der Waals surface area contributed by atoms with Crippen molar-refractivity contribution in [2.75, 3.05) is 20.7 Å². The van der Waals surface area contributed by atoms with Crippen LogP contribution in [0.2, 0.25) is 0 Å². The van der Waals surface area contributed by atoms with Gasteiger partial charge in [0.1, 0.15) is 5.75 Å². The number of benzene rings is 1. The highest BCUT2D eigenvalue weighted by Gasteiger charge is 2.37. The Hall–Kier alpha value is -1.88. The highest BCUT2D eigenvalue weighted by molar-refractivity contribution is 6.03. The molecule has 1 aliphatic rings. The second-order valence-corrected chi connectivity index (χ2v) is 5.53. The maximum absolute atomic E-state index is 12.1. The third kappa shape index (κ3) is 3.08. The van der Waals surface area contributed by atoms with Crippen molar-refractivity contribution in [1.82, 2.24) is 10.2 Å².